The Morgan fingerprint density at radius 2 is 1.84 bits per heavy atom. The number of amides is 1. The summed E-state index contributed by atoms with van der Waals surface area (Å²) in [6.07, 6.45) is 2.45. The summed E-state index contributed by atoms with van der Waals surface area (Å²) >= 11 is 0. The number of carbonyl (C=O) groups excluding carboxylic acids is 1. The maximum absolute atomic E-state index is 11.7. The van der Waals surface area contributed by atoms with Gasteiger partial charge in [0.15, 0.2) is 0 Å². The number of rotatable bonds is 10. The fraction of sp³-hybridized carbons (Fsp3) is 0.833. The van der Waals surface area contributed by atoms with E-state index in [1.54, 1.807) is 0 Å². The Kier molecular flexibility index (Phi) is 9.11. The average molecular weight is 274 g/mol. The van der Waals surface area contributed by atoms with Crippen molar-refractivity contribution in [2.24, 2.45) is 23.1 Å². The predicted molar refractivity (Wildman–Crippen MR) is 73.3 cm³/mol. The number of aliphatic carboxylic acids is 1. The van der Waals surface area contributed by atoms with Crippen molar-refractivity contribution in [2.45, 2.75) is 44.7 Å². The Balaban J connectivity index is 3.71. The van der Waals surface area contributed by atoms with Gasteiger partial charge in [-0.25, -0.2) is 0 Å². The average Bonchev–Trinajstić information content (AvgIpc) is 2.36. The van der Waals surface area contributed by atoms with E-state index in [1.165, 1.54) is 0 Å². The second-order valence-electron chi connectivity index (χ2n) is 4.81. The lowest BCUT2D eigenvalue weighted by Crippen LogP contribution is -2.45. The van der Waals surface area contributed by atoms with Gasteiger partial charge in [-0.3, -0.25) is 9.59 Å². The number of carboxylic acids is 1. The SMILES string of the molecule is C[C@H](CCN)[C@@H](N)C(=O)NCCCC[C@H](N)C(=O)O. The van der Waals surface area contributed by atoms with E-state index in [2.05, 4.69) is 5.32 Å². The van der Waals surface area contributed by atoms with Crippen LogP contribution in [0.3, 0.4) is 0 Å². The summed E-state index contributed by atoms with van der Waals surface area (Å²) < 4.78 is 0. The van der Waals surface area contributed by atoms with E-state index in [4.69, 9.17) is 22.3 Å². The molecule has 0 rings (SSSR count). The number of carbonyl (C=O) groups is 2. The fourth-order valence-corrected chi connectivity index (χ4v) is 1.64. The normalized spacial score (nSPS) is 15.6. The van der Waals surface area contributed by atoms with Crippen LogP contribution in [-0.2, 0) is 9.59 Å². The van der Waals surface area contributed by atoms with Gasteiger partial charge >= 0.3 is 5.97 Å². The van der Waals surface area contributed by atoms with Crippen LogP contribution < -0.4 is 22.5 Å². The first-order valence-corrected chi connectivity index (χ1v) is 6.61. The Bertz CT molecular complexity index is 286. The molecule has 8 N–H and O–H groups in total. The van der Waals surface area contributed by atoms with Crippen LogP contribution >= 0.6 is 0 Å². The van der Waals surface area contributed by atoms with Gasteiger partial charge in [-0.1, -0.05) is 6.92 Å². The molecule has 0 radical (unpaired) electrons. The zero-order chi connectivity index (χ0) is 14.8. The minimum Gasteiger partial charge on any atom is -0.480 e. The molecule has 0 bridgehead atoms. The quantitative estimate of drug-likeness (QED) is 0.323. The molecule has 7 nitrogen and oxygen atoms in total. The second-order valence-corrected chi connectivity index (χ2v) is 4.81. The largest absolute Gasteiger partial charge is 0.480 e. The van der Waals surface area contributed by atoms with E-state index in [1.807, 2.05) is 6.92 Å². The molecule has 3 atom stereocenters. The summed E-state index contributed by atoms with van der Waals surface area (Å²) in [5.41, 5.74) is 16.6. The van der Waals surface area contributed by atoms with E-state index in [-0.39, 0.29) is 11.8 Å². The predicted octanol–water partition coefficient (Wildman–Crippen LogP) is -1.00. The van der Waals surface area contributed by atoms with Crippen molar-refractivity contribution >= 4 is 11.9 Å². The van der Waals surface area contributed by atoms with Crippen molar-refractivity contribution in [2.75, 3.05) is 13.1 Å². The summed E-state index contributed by atoms with van der Waals surface area (Å²) in [5.74, 6) is -1.14. The molecule has 0 aliphatic heterocycles. The molecule has 7 heteroatoms. The first-order valence-electron chi connectivity index (χ1n) is 6.61. The Morgan fingerprint density at radius 1 is 1.21 bits per heavy atom. The Morgan fingerprint density at radius 3 is 2.37 bits per heavy atom. The highest BCUT2D eigenvalue weighted by Gasteiger charge is 2.19. The molecule has 0 fully saturated rings. The standard InChI is InChI=1S/C12H26N4O3/c1-8(5-6-13)10(15)11(17)16-7-3-2-4-9(14)12(18)19/h8-10H,2-7,13-15H2,1H3,(H,16,17)(H,18,19)/t8-,9+,10-/m1/s1. The van der Waals surface area contributed by atoms with Crippen molar-refractivity contribution in [3.05, 3.63) is 0 Å². The zero-order valence-corrected chi connectivity index (χ0v) is 11.5. The molecule has 0 aromatic carbocycles. The van der Waals surface area contributed by atoms with Gasteiger partial charge in [0.2, 0.25) is 5.91 Å². The molecule has 112 valence electrons. The van der Waals surface area contributed by atoms with Gasteiger partial charge in [0.25, 0.3) is 0 Å². The van der Waals surface area contributed by atoms with E-state index >= 15 is 0 Å². The van der Waals surface area contributed by atoms with Crippen molar-refractivity contribution < 1.29 is 14.7 Å². The Labute approximate surface area is 113 Å². The number of unbranched alkanes of at least 4 members (excludes halogenated alkanes) is 1. The molecule has 0 aliphatic carbocycles. The second kappa shape index (κ2) is 9.71. The van der Waals surface area contributed by atoms with Gasteiger partial charge < -0.3 is 27.6 Å². The van der Waals surface area contributed by atoms with Crippen LogP contribution in [0, 0.1) is 5.92 Å². The van der Waals surface area contributed by atoms with Crippen molar-refractivity contribution in [1.82, 2.24) is 5.32 Å². The number of nitrogens with one attached hydrogen (secondary N) is 1. The zero-order valence-electron chi connectivity index (χ0n) is 11.5. The lowest BCUT2D eigenvalue weighted by atomic mass is 9.98. The van der Waals surface area contributed by atoms with Crippen LogP contribution in [0.1, 0.15) is 32.6 Å². The molecule has 0 aromatic heterocycles. The van der Waals surface area contributed by atoms with E-state index in [9.17, 15) is 9.59 Å². The topological polar surface area (TPSA) is 144 Å². The Hall–Kier alpha value is -1.18. The molecule has 0 aliphatic rings. The van der Waals surface area contributed by atoms with Crippen LogP contribution in [0.15, 0.2) is 0 Å². The summed E-state index contributed by atoms with van der Waals surface area (Å²) in [6, 6.07) is -1.38. The monoisotopic (exact) mass is 274 g/mol. The maximum Gasteiger partial charge on any atom is 0.320 e. The van der Waals surface area contributed by atoms with Crippen LogP contribution in [0.5, 0.6) is 0 Å². The van der Waals surface area contributed by atoms with Crippen molar-refractivity contribution in [3.8, 4) is 0 Å². The lowest BCUT2D eigenvalue weighted by molar-refractivity contribution is -0.138. The van der Waals surface area contributed by atoms with Gasteiger partial charge in [0.1, 0.15) is 6.04 Å². The lowest BCUT2D eigenvalue weighted by Gasteiger charge is -2.18. The molecule has 0 heterocycles. The van der Waals surface area contributed by atoms with E-state index in [0.29, 0.717) is 38.8 Å². The minimum atomic E-state index is -0.998. The number of nitrogens with two attached hydrogens (primary N) is 3. The van der Waals surface area contributed by atoms with E-state index in [0.717, 1.165) is 0 Å². The van der Waals surface area contributed by atoms with Crippen LogP contribution in [0.25, 0.3) is 0 Å². The van der Waals surface area contributed by atoms with E-state index < -0.39 is 18.1 Å². The van der Waals surface area contributed by atoms with Crippen LogP contribution in [-0.4, -0.2) is 42.2 Å². The van der Waals surface area contributed by atoms with Crippen LogP contribution in [0.2, 0.25) is 0 Å². The molecule has 0 aromatic rings. The fourth-order valence-electron chi connectivity index (χ4n) is 1.64. The summed E-state index contributed by atoms with van der Waals surface area (Å²) in [4.78, 5) is 22.1. The summed E-state index contributed by atoms with van der Waals surface area (Å²) in [6.45, 7) is 2.88. The third kappa shape index (κ3) is 7.76. The first kappa shape index (κ1) is 17.8. The minimum absolute atomic E-state index is 0.0467. The summed E-state index contributed by atoms with van der Waals surface area (Å²) in [5, 5.41) is 11.3. The molecule has 0 spiro atoms. The molecule has 19 heavy (non-hydrogen) atoms. The van der Waals surface area contributed by atoms with Gasteiger partial charge in [0, 0.05) is 6.54 Å². The third-order valence-electron chi connectivity index (χ3n) is 3.10. The highest BCUT2D eigenvalue weighted by Crippen LogP contribution is 2.05. The smallest absolute Gasteiger partial charge is 0.320 e. The number of carboxylic acid groups (broad SMARTS) is 1. The third-order valence-corrected chi connectivity index (χ3v) is 3.10. The molecule has 1 amide bonds. The molecular formula is C12H26N4O3. The molecule has 0 saturated heterocycles. The van der Waals surface area contributed by atoms with Crippen molar-refractivity contribution in [1.29, 1.82) is 0 Å². The number of hydrogen-bond acceptors (Lipinski definition) is 5. The van der Waals surface area contributed by atoms with Crippen molar-refractivity contribution in [3.63, 3.8) is 0 Å². The highest BCUT2D eigenvalue weighted by atomic mass is 16.4. The molecule has 0 saturated carbocycles. The van der Waals surface area contributed by atoms with Gasteiger partial charge in [-0.15, -0.1) is 0 Å². The maximum atomic E-state index is 11.7. The molecular weight excluding hydrogens is 248 g/mol. The summed E-state index contributed by atoms with van der Waals surface area (Å²) in [7, 11) is 0. The van der Waals surface area contributed by atoms with Gasteiger partial charge in [-0.2, -0.15) is 0 Å². The highest BCUT2D eigenvalue weighted by molar-refractivity contribution is 5.81. The van der Waals surface area contributed by atoms with Crippen LogP contribution in [0.4, 0.5) is 0 Å². The van der Waals surface area contributed by atoms with Gasteiger partial charge in [0.05, 0.1) is 6.04 Å². The number of hydrogen-bond donors (Lipinski definition) is 5. The molecule has 0 unspecified atom stereocenters. The first-order chi connectivity index (χ1) is 8.90. The van der Waals surface area contributed by atoms with Gasteiger partial charge in [-0.05, 0) is 38.1 Å².